The predicted molar refractivity (Wildman–Crippen MR) is 360 cm³/mol. The second-order valence-electron chi connectivity index (χ2n) is 23.5. The Bertz CT molecular complexity index is 1880. The molecule has 2 unspecified atom stereocenters. The molecular weight excluding hydrogens is 1060 g/mol. The van der Waals surface area contributed by atoms with E-state index in [2.05, 4.69) is 141 Å². The van der Waals surface area contributed by atoms with Gasteiger partial charge in [-0.05, 0) is 109 Å². The maximum Gasteiger partial charge on any atom is 0.306 e. The number of nitrogens with zero attached hydrogens (tertiary/aromatic N) is 1. The third-order valence-electron chi connectivity index (χ3n) is 14.2. The number of unbranched alkanes of at least 4 members (excludes halogenated alkanes) is 25. The predicted octanol–water partition coefficient (Wildman–Crippen LogP) is 21.4. The van der Waals surface area contributed by atoms with Gasteiger partial charge in [0.1, 0.15) is 19.8 Å². The Morgan fingerprint density at radius 2 is 0.690 bits per heavy atom. The van der Waals surface area contributed by atoms with Crippen molar-refractivity contribution in [3.63, 3.8) is 0 Å². The maximum absolute atomic E-state index is 12.8. The molecule has 0 spiro atoms. The molecule has 10 heteroatoms. The molecule has 9 nitrogen and oxygen atoms in total. The zero-order valence-electron chi connectivity index (χ0n) is 54.6. The van der Waals surface area contributed by atoms with E-state index in [4.69, 9.17) is 18.5 Å². The minimum absolute atomic E-state index is 0.0480. The number of carbonyl (C=O) groups is 2. The summed E-state index contributed by atoms with van der Waals surface area (Å²) in [5, 5.41) is 0. The minimum atomic E-state index is -4.67. The summed E-state index contributed by atoms with van der Waals surface area (Å²) < 4.78 is 34.2. The van der Waals surface area contributed by atoms with Crippen LogP contribution in [0.4, 0.5) is 0 Å². The fourth-order valence-electron chi connectivity index (χ4n) is 8.98. The van der Waals surface area contributed by atoms with Gasteiger partial charge in [0.15, 0.2) is 6.10 Å². The number of quaternary nitrogens is 1. The van der Waals surface area contributed by atoms with E-state index in [9.17, 15) is 19.0 Å². The van der Waals surface area contributed by atoms with Crippen LogP contribution in [0, 0.1) is 0 Å². The smallest absolute Gasteiger partial charge is 0.306 e. The first kappa shape index (κ1) is 80.2. The highest BCUT2D eigenvalue weighted by atomic mass is 31.2. The van der Waals surface area contributed by atoms with Gasteiger partial charge in [0, 0.05) is 12.8 Å². The van der Waals surface area contributed by atoms with E-state index in [0.717, 1.165) is 83.5 Å². The van der Waals surface area contributed by atoms with E-state index < -0.39 is 32.5 Å². The van der Waals surface area contributed by atoms with Gasteiger partial charge < -0.3 is 27.9 Å². The van der Waals surface area contributed by atoms with Crippen LogP contribution in [-0.4, -0.2) is 70.0 Å². The maximum atomic E-state index is 12.8. The molecule has 0 aliphatic carbocycles. The van der Waals surface area contributed by atoms with Gasteiger partial charge in [-0.1, -0.05) is 282 Å². The Labute approximate surface area is 517 Å². The van der Waals surface area contributed by atoms with Gasteiger partial charge in [0.2, 0.25) is 0 Å². The van der Waals surface area contributed by atoms with Gasteiger partial charge >= 0.3 is 11.9 Å². The summed E-state index contributed by atoms with van der Waals surface area (Å²) in [5.41, 5.74) is 0. The van der Waals surface area contributed by atoms with Crippen LogP contribution in [0.5, 0.6) is 0 Å². The lowest BCUT2D eigenvalue weighted by Gasteiger charge is -2.28. The van der Waals surface area contributed by atoms with E-state index in [1.165, 1.54) is 148 Å². The van der Waals surface area contributed by atoms with E-state index in [1.807, 2.05) is 27.2 Å². The summed E-state index contributed by atoms with van der Waals surface area (Å²) in [7, 11) is 1.12. The standard InChI is InChI=1S/C74H126NO8P/c1-6-8-10-12-14-16-18-20-22-24-26-28-30-32-34-36-37-39-40-42-44-46-48-50-52-54-56-58-60-62-64-66-73(76)80-70-72(71-82-84(78,79)81-69-68-75(3,4)5)83-74(77)67-65-63-61-59-57-55-53-51-49-47-45-43-41-38-35-33-31-29-27-25-23-21-19-17-15-13-11-9-7-2/h9,11,15,17-18,20-21,23-24,26-27,29,33,35,41,43,47,49,53,55,59,61,72H,6-8,10,12-14,16,19,22,25,28,30-32,34,36-40,42,44-46,48,50-52,54,56-58,60,62-71H2,1-5H3/b11-9-,17-15-,20-18-,23-21-,26-24-,29-27-,35-33-,43-41-,49-47-,55-53-,61-59-. The molecule has 0 radical (unpaired) electrons. The Kier molecular flexibility index (Phi) is 60.7. The molecule has 0 aromatic carbocycles. The van der Waals surface area contributed by atoms with Gasteiger partial charge in [-0.25, -0.2) is 0 Å². The third-order valence-corrected chi connectivity index (χ3v) is 15.1. The molecule has 84 heavy (non-hydrogen) atoms. The topological polar surface area (TPSA) is 111 Å². The average molecular weight is 1190 g/mol. The molecule has 480 valence electrons. The van der Waals surface area contributed by atoms with Crippen molar-refractivity contribution in [3.05, 3.63) is 134 Å². The number of phosphoric acid groups is 1. The quantitative estimate of drug-likeness (QED) is 0.0195. The minimum Gasteiger partial charge on any atom is -0.756 e. The molecule has 0 amide bonds. The molecule has 0 N–H and O–H groups in total. The SMILES string of the molecule is CC/C=C\C/C=C\C/C=C\C/C=C\C/C=C\C/C=C\C/C=C\C/C=C\C/C=C\CCCC(=O)OC(COC(=O)CCCCCCCCCCCCCCCCCCCCC/C=C\C/C=C\CCCCCCC)COP(=O)([O-])OCC[N+](C)(C)C. The summed E-state index contributed by atoms with van der Waals surface area (Å²) in [6, 6.07) is 0. The molecule has 2 atom stereocenters. The van der Waals surface area contributed by atoms with Crippen LogP contribution in [0.3, 0.4) is 0 Å². The lowest BCUT2D eigenvalue weighted by atomic mass is 10.0. The summed E-state index contributed by atoms with van der Waals surface area (Å²) >= 11 is 0. The average Bonchev–Trinajstić information content (AvgIpc) is 3.61. The number of hydrogen-bond donors (Lipinski definition) is 0. The normalized spacial score (nSPS) is 14.0. The first-order valence-corrected chi connectivity index (χ1v) is 35.4. The molecule has 0 aliphatic rings. The van der Waals surface area contributed by atoms with Crippen LogP contribution >= 0.6 is 7.82 Å². The molecule has 0 bridgehead atoms. The van der Waals surface area contributed by atoms with Crippen molar-refractivity contribution in [2.45, 2.75) is 277 Å². The Morgan fingerprint density at radius 1 is 0.381 bits per heavy atom. The summed E-state index contributed by atoms with van der Waals surface area (Å²) in [6.45, 7) is 4.06. The van der Waals surface area contributed by atoms with Crippen molar-refractivity contribution in [3.8, 4) is 0 Å². The van der Waals surface area contributed by atoms with Crippen molar-refractivity contribution >= 4 is 19.8 Å². The number of ether oxygens (including phenoxy) is 2. The summed E-state index contributed by atoms with van der Waals surface area (Å²) in [4.78, 5) is 38.0. The van der Waals surface area contributed by atoms with Gasteiger partial charge in [0.25, 0.3) is 7.82 Å². The molecule has 0 aliphatic heterocycles. The fraction of sp³-hybridized carbons (Fsp3) is 0.676. The first-order chi connectivity index (χ1) is 41.0. The number of likely N-dealkylation sites (N-methyl/N-ethyl adjacent to an activating group) is 1. The van der Waals surface area contributed by atoms with Crippen molar-refractivity contribution in [1.82, 2.24) is 0 Å². The van der Waals surface area contributed by atoms with Crippen LogP contribution in [0.1, 0.15) is 271 Å². The first-order valence-electron chi connectivity index (χ1n) is 33.9. The Morgan fingerprint density at radius 3 is 1.05 bits per heavy atom. The van der Waals surface area contributed by atoms with E-state index >= 15 is 0 Å². The monoisotopic (exact) mass is 1190 g/mol. The largest absolute Gasteiger partial charge is 0.756 e. The number of hydrogen-bond acceptors (Lipinski definition) is 8. The third kappa shape index (κ3) is 67.3. The number of esters is 2. The van der Waals surface area contributed by atoms with Crippen LogP contribution in [0.2, 0.25) is 0 Å². The summed E-state index contributed by atoms with van der Waals surface area (Å²) in [5.74, 6) is -0.905. The fourth-order valence-corrected chi connectivity index (χ4v) is 9.71. The van der Waals surface area contributed by atoms with Gasteiger partial charge in [-0.15, -0.1) is 0 Å². The highest BCUT2D eigenvalue weighted by Gasteiger charge is 2.22. The van der Waals surface area contributed by atoms with Crippen molar-refractivity contribution in [2.24, 2.45) is 0 Å². The number of rotatable bonds is 61. The number of allylic oxidation sites excluding steroid dienone is 22. The van der Waals surface area contributed by atoms with Crippen LogP contribution in [-0.2, 0) is 32.7 Å². The molecular formula is C74H126NO8P. The lowest BCUT2D eigenvalue weighted by molar-refractivity contribution is -0.870. The van der Waals surface area contributed by atoms with Gasteiger partial charge in [-0.2, -0.15) is 0 Å². The molecule has 0 saturated heterocycles. The molecule has 0 aromatic heterocycles. The molecule has 0 rings (SSSR count). The Hall–Kier alpha value is -3.85. The number of carbonyl (C=O) groups excluding carboxylic acids is 2. The van der Waals surface area contributed by atoms with Crippen molar-refractivity contribution in [2.75, 3.05) is 47.5 Å². The molecule has 0 aromatic rings. The van der Waals surface area contributed by atoms with Crippen molar-refractivity contribution < 1.29 is 42.1 Å². The Balaban J connectivity index is 4.18. The second-order valence-corrected chi connectivity index (χ2v) is 24.9. The molecule has 0 heterocycles. The van der Waals surface area contributed by atoms with E-state index in [-0.39, 0.29) is 26.1 Å². The molecule has 0 saturated carbocycles. The van der Waals surface area contributed by atoms with Crippen molar-refractivity contribution in [1.29, 1.82) is 0 Å². The van der Waals surface area contributed by atoms with Gasteiger partial charge in [0.05, 0.1) is 27.7 Å². The zero-order valence-corrected chi connectivity index (χ0v) is 55.4. The van der Waals surface area contributed by atoms with E-state index in [1.54, 1.807) is 0 Å². The van der Waals surface area contributed by atoms with Crippen LogP contribution in [0.15, 0.2) is 134 Å². The highest BCUT2D eigenvalue weighted by Crippen LogP contribution is 2.38. The zero-order chi connectivity index (χ0) is 61.2. The summed E-state index contributed by atoms with van der Waals surface area (Å²) in [6.07, 6.45) is 92.5. The second kappa shape index (κ2) is 63.6. The number of phosphoric ester groups is 1. The van der Waals surface area contributed by atoms with E-state index in [0.29, 0.717) is 23.9 Å². The van der Waals surface area contributed by atoms with Crippen LogP contribution in [0.25, 0.3) is 0 Å². The van der Waals surface area contributed by atoms with Crippen LogP contribution < -0.4 is 4.89 Å². The lowest BCUT2D eigenvalue weighted by Crippen LogP contribution is -2.37. The van der Waals surface area contributed by atoms with Gasteiger partial charge in [-0.3, -0.25) is 14.2 Å². The highest BCUT2D eigenvalue weighted by molar-refractivity contribution is 7.45. The molecule has 0 fully saturated rings.